The molecule has 0 aromatic heterocycles. The van der Waals surface area contributed by atoms with Crippen molar-refractivity contribution in [2.75, 3.05) is 20.8 Å². The minimum Gasteiger partial charge on any atom is -0.493 e. The fraction of sp³-hybridized carbons (Fsp3) is 0.211. The van der Waals surface area contributed by atoms with Crippen LogP contribution in [0.1, 0.15) is 22.8 Å². The molecule has 0 atom stereocenters. The maximum absolute atomic E-state index is 12.9. The lowest BCUT2D eigenvalue weighted by atomic mass is 10.1. The fourth-order valence-corrected chi connectivity index (χ4v) is 2.17. The van der Waals surface area contributed by atoms with Gasteiger partial charge in [-0.05, 0) is 55.0 Å². The second kappa shape index (κ2) is 8.15. The lowest BCUT2D eigenvalue weighted by molar-refractivity contribution is 0.104. The number of ether oxygens (including phenoxy) is 3. The summed E-state index contributed by atoms with van der Waals surface area (Å²) in [6.07, 6.45) is 3.06. The highest BCUT2D eigenvalue weighted by molar-refractivity contribution is 6.06. The van der Waals surface area contributed by atoms with Crippen molar-refractivity contribution in [1.82, 2.24) is 0 Å². The highest BCUT2D eigenvalue weighted by atomic mass is 19.1. The number of rotatable bonds is 7. The summed E-state index contributed by atoms with van der Waals surface area (Å²) in [6.45, 7) is 2.35. The van der Waals surface area contributed by atoms with Crippen LogP contribution in [0.5, 0.6) is 17.2 Å². The first-order chi connectivity index (χ1) is 11.6. The van der Waals surface area contributed by atoms with Crippen LogP contribution >= 0.6 is 0 Å². The summed E-state index contributed by atoms with van der Waals surface area (Å²) in [5, 5.41) is 0. The van der Waals surface area contributed by atoms with Crippen LogP contribution in [0.3, 0.4) is 0 Å². The smallest absolute Gasteiger partial charge is 0.203 e. The molecule has 0 aliphatic rings. The lowest BCUT2D eigenvalue weighted by Gasteiger charge is -2.14. The van der Waals surface area contributed by atoms with Crippen molar-refractivity contribution in [2.45, 2.75) is 6.92 Å². The molecule has 0 N–H and O–H groups in total. The molecule has 2 aromatic carbocycles. The quantitative estimate of drug-likeness (QED) is 0.565. The van der Waals surface area contributed by atoms with E-state index in [4.69, 9.17) is 14.2 Å². The van der Waals surface area contributed by atoms with Gasteiger partial charge in [0.25, 0.3) is 0 Å². The van der Waals surface area contributed by atoms with E-state index in [1.807, 2.05) is 6.92 Å². The van der Waals surface area contributed by atoms with Crippen LogP contribution < -0.4 is 14.2 Å². The molecular weight excluding hydrogens is 311 g/mol. The Kier molecular flexibility index (Phi) is 5.95. The topological polar surface area (TPSA) is 44.8 Å². The highest BCUT2D eigenvalue weighted by Gasteiger charge is 2.13. The van der Waals surface area contributed by atoms with Crippen molar-refractivity contribution in [3.05, 3.63) is 59.4 Å². The Bertz CT molecular complexity index is 711. The minimum absolute atomic E-state index is 0.221. The minimum atomic E-state index is -0.378. The maximum atomic E-state index is 12.9. The fourth-order valence-electron chi connectivity index (χ4n) is 2.17. The summed E-state index contributed by atoms with van der Waals surface area (Å²) in [5.74, 6) is 0.956. The van der Waals surface area contributed by atoms with E-state index in [2.05, 4.69) is 0 Å². The van der Waals surface area contributed by atoms with Gasteiger partial charge >= 0.3 is 0 Å². The lowest BCUT2D eigenvalue weighted by Crippen LogP contribution is -1.99. The molecule has 0 heterocycles. The predicted molar refractivity (Wildman–Crippen MR) is 90.5 cm³/mol. The molecule has 24 heavy (non-hydrogen) atoms. The Morgan fingerprint density at radius 1 is 1.08 bits per heavy atom. The molecule has 0 amide bonds. The molecule has 0 saturated carbocycles. The molecule has 126 valence electrons. The van der Waals surface area contributed by atoms with Gasteiger partial charge in [-0.1, -0.05) is 6.08 Å². The zero-order valence-electron chi connectivity index (χ0n) is 13.8. The summed E-state index contributed by atoms with van der Waals surface area (Å²) >= 11 is 0. The van der Waals surface area contributed by atoms with Crippen LogP contribution in [0.25, 0.3) is 6.08 Å². The third-order valence-electron chi connectivity index (χ3n) is 3.33. The third kappa shape index (κ3) is 4.13. The molecule has 5 heteroatoms. The first kappa shape index (κ1) is 17.5. The SMILES string of the molecule is CCOc1c(OC)cc(/C=C/C(=O)c2ccc(F)cc2)cc1OC. The van der Waals surface area contributed by atoms with Crippen molar-refractivity contribution in [1.29, 1.82) is 0 Å². The molecule has 2 rings (SSSR count). The van der Waals surface area contributed by atoms with Gasteiger partial charge in [0, 0.05) is 5.56 Å². The van der Waals surface area contributed by atoms with Crippen molar-refractivity contribution in [3.63, 3.8) is 0 Å². The monoisotopic (exact) mass is 330 g/mol. The first-order valence-electron chi connectivity index (χ1n) is 7.45. The van der Waals surface area contributed by atoms with Crippen molar-refractivity contribution in [2.24, 2.45) is 0 Å². The molecule has 0 aliphatic heterocycles. The van der Waals surface area contributed by atoms with Crippen molar-refractivity contribution >= 4 is 11.9 Å². The van der Waals surface area contributed by atoms with E-state index in [0.717, 1.165) is 5.56 Å². The van der Waals surface area contributed by atoms with E-state index < -0.39 is 0 Å². The second-order valence-corrected chi connectivity index (χ2v) is 4.89. The number of allylic oxidation sites excluding steroid dienone is 1. The molecule has 0 unspecified atom stereocenters. The normalized spacial score (nSPS) is 10.7. The number of hydrogen-bond acceptors (Lipinski definition) is 4. The number of halogens is 1. The number of carbonyl (C=O) groups is 1. The van der Waals surface area contributed by atoms with E-state index in [1.165, 1.54) is 44.6 Å². The van der Waals surface area contributed by atoms with Crippen LogP contribution in [0.15, 0.2) is 42.5 Å². The molecule has 0 fully saturated rings. The zero-order valence-corrected chi connectivity index (χ0v) is 13.8. The molecule has 0 saturated heterocycles. The van der Waals surface area contributed by atoms with Gasteiger partial charge in [-0.25, -0.2) is 4.39 Å². The van der Waals surface area contributed by atoms with Crippen LogP contribution in [-0.4, -0.2) is 26.6 Å². The van der Waals surface area contributed by atoms with Gasteiger partial charge in [0.15, 0.2) is 17.3 Å². The maximum Gasteiger partial charge on any atom is 0.203 e. The number of carbonyl (C=O) groups excluding carboxylic acids is 1. The summed E-state index contributed by atoms with van der Waals surface area (Å²) < 4.78 is 29.1. The summed E-state index contributed by atoms with van der Waals surface area (Å²) in [6, 6.07) is 8.90. The Morgan fingerprint density at radius 2 is 1.67 bits per heavy atom. The van der Waals surface area contributed by atoms with E-state index in [1.54, 1.807) is 18.2 Å². The molecule has 0 radical (unpaired) electrons. The molecule has 0 bridgehead atoms. The standard InChI is InChI=1S/C19H19FO4/c1-4-24-19-17(22-2)11-13(12-18(19)23-3)5-10-16(21)14-6-8-15(20)9-7-14/h5-12H,4H2,1-3H3/b10-5+. The molecule has 0 aliphatic carbocycles. The number of methoxy groups -OCH3 is 2. The Morgan fingerprint density at radius 3 is 2.17 bits per heavy atom. The molecular formula is C19H19FO4. The van der Waals surface area contributed by atoms with Gasteiger partial charge in [0.2, 0.25) is 5.75 Å². The summed E-state index contributed by atoms with van der Waals surface area (Å²) in [7, 11) is 3.07. The largest absolute Gasteiger partial charge is 0.493 e. The number of ketones is 1. The van der Waals surface area contributed by atoms with Crippen LogP contribution in [0.4, 0.5) is 4.39 Å². The average Bonchev–Trinajstić information content (AvgIpc) is 2.61. The van der Waals surface area contributed by atoms with Crippen molar-refractivity contribution < 1.29 is 23.4 Å². The predicted octanol–water partition coefficient (Wildman–Crippen LogP) is 4.14. The zero-order chi connectivity index (χ0) is 17.5. The van der Waals surface area contributed by atoms with Gasteiger partial charge in [0.05, 0.1) is 20.8 Å². The van der Waals surface area contributed by atoms with Gasteiger partial charge < -0.3 is 14.2 Å². The van der Waals surface area contributed by atoms with Crippen LogP contribution in [0.2, 0.25) is 0 Å². The Hall–Kier alpha value is -2.82. The molecule has 2 aromatic rings. The molecule has 0 spiro atoms. The second-order valence-electron chi connectivity index (χ2n) is 4.89. The summed E-state index contributed by atoms with van der Waals surface area (Å²) in [4.78, 5) is 12.1. The van der Waals surface area contributed by atoms with E-state index in [9.17, 15) is 9.18 Å². The van der Waals surface area contributed by atoms with E-state index >= 15 is 0 Å². The highest BCUT2D eigenvalue weighted by Crippen LogP contribution is 2.38. The summed E-state index contributed by atoms with van der Waals surface area (Å²) in [5.41, 5.74) is 1.14. The molecule has 4 nitrogen and oxygen atoms in total. The first-order valence-corrected chi connectivity index (χ1v) is 7.45. The van der Waals surface area contributed by atoms with Gasteiger partial charge in [-0.2, -0.15) is 0 Å². The number of hydrogen-bond donors (Lipinski definition) is 0. The van der Waals surface area contributed by atoms with Gasteiger partial charge in [-0.15, -0.1) is 0 Å². The average molecular weight is 330 g/mol. The van der Waals surface area contributed by atoms with Crippen LogP contribution in [-0.2, 0) is 0 Å². The Balaban J connectivity index is 2.28. The van der Waals surface area contributed by atoms with E-state index in [-0.39, 0.29) is 11.6 Å². The Labute approximate surface area is 140 Å². The van der Waals surface area contributed by atoms with Crippen molar-refractivity contribution in [3.8, 4) is 17.2 Å². The number of benzene rings is 2. The van der Waals surface area contributed by atoms with Gasteiger partial charge in [0.1, 0.15) is 5.82 Å². The third-order valence-corrected chi connectivity index (χ3v) is 3.33. The van der Waals surface area contributed by atoms with Gasteiger partial charge in [-0.3, -0.25) is 4.79 Å². The van der Waals surface area contributed by atoms with E-state index in [0.29, 0.717) is 29.4 Å². The van der Waals surface area contributed by atoms with Crippen LogP contribution in [0, 0.1) is 5.82 Å².